The number of aryl methyl sites for hydroxylation is 1. The van der Waals surface area contributed by atoms with E-state index in [4.69, 9.17) is 0 Å². The summed E-state index contributed by atoms with van der Waals surface area (Å²) in [5.74, 6) is 0.371. The van der Waals surface area contributed by atoms with E-state index < -0.39 is 0 Å². The van der Waals surface area contributed by atoms with Crippen molar-refractivity contribution in [3.63, 3.8) is 0 Å². The summed E-state index contributed by atoms with van der Waals surface area (Å²) in [6.07, 6.45) is 1.33. The van der Waals surface area contributed by atoms with Gasteiger partial charge in [-0.2, -0.15) is 0 Å². The summed E-state index contributed by atoms with van der Waals surface area (Å²) < 4.78 is 0. The van der Waals surface area contributed by atoms with E-state index in [0.717, 1.165) is 17.5 Å². The van der Waals surface area contributed by atoms with Gasteiger partial charge >= 0.3 is 0 Å². The van der Waals surface area contributed by atoms with Crippen molar-refractivity contribution in [3.05, 3.63) is 29.3 Å². The summed E-state index contributed by atoms with van der Waals surface area (Å²) in [6.45, 7) is 1.86. The molecule has 0 aromatic heterocycles. The van der Waals surface area contributed by atoms with Gasteiger partial charge in [0.15, 0.2) is 0 Å². The molecule has 1 aliphatic heterocycles. The number of hydrogen-bond acceptors (Lipinski definition) is 2. The van der Waals surface area contributed by atoms with Crippen LogP contribution in [-0.2, 0) is 4.79 Å². The first kappa shape index (κ1) is 9.06. The van der Waals surface area contributed by atoms with Gasteiger partial charge in [0.2, 0.25) is 5.91 Å². The maximum atomic E-state index is 11.0. The fourth-order valence-corrected chi connectivity index (χ4v) is 1.81. The highest BCUT2D eigenvalue weighted by Gasteiger charge is 2.24. The second kappa shape index (κ2) is 3.33. The predicted molar refractivity (Wildman–Crippen MR) is 53.0 cm³/mol. The van der Waals surface area contributed by atoms with Crippen molar-refractivity contribution in [1.29, 1.82) is 0 Å². The van der Waals surface area contributed by atoms with Gasteiger partial charge in [-0.3, -0.25) is 4.79 Å². The molecule has 0 bridgehead atoms. The molecule has 0 radical (unpaired) electrons. The summed E-state index contributed by atoms with van der Waals surface area (Å²) in [5, 5.41) is 12.6. The van der Waals surface area contributed by atoms with Crippen LogP contribution in [0.4, 0.5) is 0 Å². The number of benzene rings is 1. The van der Waals surface area contributed by atoms with E-state index >= 15 is 0 Å². The van der Waals surface area contributed by atoms with E-state index in [2.05, 4.69) is 5.32 Å². The monoisotopic (exact) mass is 191 g/mol. The molecule has 1 amide bonds. The molecule has 1 fully saturated rings. The van der Waals surface area contributed by atoms with Crippen LogP contribution in [0, 0.1) is 6.92 Å². The van der Waals surface area contributed by atoms with E-state index in [1.807, 2.05) is 25.1 Å². The van der Waals surface area contributed by atoms with Crippen LogP contribution in [0.5, 0.6) is 5.75 Å². The third-order valence-corrected chi connectivity index (χ3v) is 2.64. The van der Waals surface area contributed by atoms with Gasteiger partial charge in [-0.15, -0.1) is 0 Å². The average Bonchev–Trinajstić information content (AvgIpc) is 2.57. The van der Waals surface area contributed by atoms with E-state index in [-0.39, 0.29) is 11.9 Å². The Kier molecular flexibility index (Phi) is 2.15. The summed E-state index contributed by atoms with van der Waals surface area (Å²) >= 11 is 0. The van der Waals surface area contributed by atoms with Gasteiger partial charge in [0.1, 0.15) is 5.75 Å². The molecule has 14 heavy (non-hydrogen) atoms. The molecular weight excluding hydrogens is 178 g/mol. The first-order valence-corrected chi connectivity index (χ1v) is 4.76. The second-order valence-corrected chi connectivity index (χ2v) is 3.67. The van der Waals surface area contributed by atoms with Crippen LogP contribution in [0.1, 0.15) is 30.0 Å². The number of phenolic OH excluding ortho intramolecular Hbond substituents is 1. The van der Waals surface area contributed by atoms with E-state index in [0.29, 0.717) is 12.2 Å². The van der Waals surface area contributed by atoms with E-state index in [1.54, 1.807) is 0 Å². The third kappa shape index (κ3) is 1.45. The Morgan fingerprint density at radius 1 is 1.50 bits per heavy atom. The zero-order chi connectivity index (χ0) is 10.1. The summed E-state index contributed by atoms with van der Waals surface area (Å²) in [5.41, 5.74) is 1.68. The zero-order valence-electron chi connectivity index (χ0n) is 8.08. The van der Waals surface area contributed by atoms with Crippen molar-refractivity contribution < 1.29 is 9.90 Å². The van der Waals surface area contributed by atoms with Crippen molar-refractivity contribution in [3.8, 4) is 5.75 Å². The molecule has 1 aliphatic rings. The molecule has 2 N–H and O–H groups in total. The van der Waals surface area contributed by atoms with E-state index in [1.165, 1.54) is 0 Å². The molecular formula is C11H13NO2. The zero-order valence-corrected chi connectivity index (χ0v) is 8.08. The fourth-order valence-electron chi connectivity index (χ4n) is 1.81. The maximum absolute atomic E-state index is 11.0. The number of carbonyl (C=O) groups excluding carboxylic acids is 1. The first-order valence-electron chi connectivity index (χ1n) is 4.76. The lowest BCUT2D eigenvalue weighted by Crippen LogP contribution is -2.18. The summed E-state index contributed by atoms with van der Waals surface area (Å²) in [7, 11) is 0. The normalized spacial score (nSPS) is 20.9. The molecule has 1 saturated heterocycles. The molecule has 0 spiro atoms. The Bertz CT molecular complexity index is 374. The lowest BCUT2D eigenvalue weighted by Gasteiger charge is -2.13. The maximum Gasteiger partial charge on any atom is 0.220 e. The summed E-state index contributed by atoms with van der Waals surface area (Å²) in [6, 6.07) is 5.60. The van der Waals surface area contributed by atoms with Crippen LogP contribution >= 0.6 is 0 Å². The minimum Gasteiger partial charge on any atom is -0.507 e. The Morgan fingerprint density at radius 2 is 2.29 bits per heavy atom. The Hall–Kier alpha value is -1.51. The predicted octanol–water partition coefficient (Wildman–Crippen LogP) is 1.65. The SMILES string of the molecule is Cc1cccc([C@H]2CCC(=O)N2)c1O. The number of rotatable bonds is 1. The molecule has 2 rings (SSSR count). The first-order chi connectivity index (χ1) is 6.68. The lowest BCUT2D eigenvalue weighted by atomic mass is 10.0. The van der Waals surface area contributed by atoms with Crippen molar-refractivity contribution in [2.75, 3.05) is 0 Å². The number of phenols is 1. The van der Waals surface area contributed by atoms with Crippen molar-refractivity contribution in [2.45, 2.75) is 25.8 Å². The molecule has 3 heteroatoms. The number of carbonyl (C=O) groups is 1. The highest BCUT2D eigenvalue weighted by molar-refractivity contribution is 5.79. The van der Waals surface area contributed by atoms with Gasteiger partial charge in [0, 0.05) is 12.0 Å². The largest absolute Gasteiger partial charge is 0.507 e. The van der Waals surface area contributed by atoms with Gasteiger partial charge < -0.3 is 10.4 Å². The van der Waals surface area contributed by atoms with Crippen molar-refractivity contribution in [2.24, 2.45) is 0 Å². The number of nitrogens with one attached hydrogen (secondary N) is 1. The van der Waals surface area contributed by atoms with Gasteiger partial charge in [-0.25, -0.2) is 0 Å². The van der Waals surface area contributed by atoms with Gasteiger partial charge in [-0.05, 0) is 18.9 Å². The quantitative estimate of drug-likeness (QED) is 0.709. The van der Waals surface area contributed by atoms with Crippen LogP contribution in [0.3, 0.4) is 0 Å². The molecule has 74 valence electrons. The molecule has 1 atom stereocenters. The highest BCUT2D eigenvalue weighted by atomic mass is 16.3. The topological polar surface area (TPSA) is 49.3 Å². The highest BCUT2D eigenvalue weighted by Crippen LogP contribution is 2.32. The lowest BCUT2D eigenvalue weighted by molar-refractivity contribution is -0.119. The Balaban J connectivity index is 2.32. The van der Waals surface area contributed by atoms with E-state index in [9.17, 15) is 9.90 Å². The van der Waals surface area contributed by atoms with Crippen LogP contribution in [0.25, 0.3) is 0 Å². The average molecular weight is 191 g/mol. The molecule has 0 saturated carbocycles. The molecule has 1 heterocycles. The second-order valence-electron chi connectivity index (χ2n) is 3.67. The molecule has 0 unspecified atom stereocenters. The number of hydrogen-bond donors (Lipinski definition) is 2. The third-order valence-electron chi connectivity index (χ3n) is 2.64. The number of para-hydroxylation sites is 1. The fraction of sp³-hybridized carbons (Fsp3) is 0.364. The van der Waals surface area contributed by atoms with Gasteiger partial charge in [0.05, 0.1) is 6.04 Å². The van der Waals surface area contributed by atoms with Gasteiger partial charge in [0.25, 0.3) is 0 Å². The minimum absolute atomic E-state index is 0.0117. The molecule has 1 aromatic rings. The smallest absolute Gasteiger partial charge is 0.220 e. The molecule has 1 aromatic carbocycles. The molecule has 0 aliphatic carbocycles. The number of amides is 1. The van der Waals surface area contributed by atoms with Crippen molar-refractivity contribution in [1.82, 2.24) is 5.32 Å². The molecule has 3 nitrogen and oxygen atoms in total. The summed E-state index contributed by atoms with van der Waals surface area (Å²) in [4.78, 5) is 11.0. The van der Waals surface area contributed by atoms with Crippen molar-refractivity contribution >= 4 is 5.91 Å². The standard InChI is InChI=1S/C11H13NO2/c1-7-3-2-4-8(11(7)14)9-5-6-10(13)12-9/h2-4,9,14H,5-6H2,1H3,(H,12,13)/t9-/m1/s1. The van der Waals surface area contributed by atoms with Crippen LogP contribution in [0.15, 0.2) is 18.2 Å². The minimum atomic E-state index is -0.0117. The van der Waals surface area contributed by atoms with Crippen LogP contribution in [0.2, 0.25) is 0 Å². The Labute approximate surface area is 82.8 Å². The van der Waals surface area contributed by atoms with Crippen LogP contribution in [-0.4, -0.2) is 11.0 Å². The van der Waals surface area contributed by atoms with Crippen LogP contribution < -0.4 is 5.32 Å². The number of aromatic hydroxyl groups is 1. The van der Waals surface area contributed by atoms with Gasteiger partial charge in [-0.1, -0.05) is 18.2 Å². The Morgan fingerprint density at radius 3 is 2.93 bits per heavy atom.